The third kappa shape index (κ3) is 4.08. The lowest BCUT2D eigenvalue weighted by atomic mass is 10.0. The van der Waals surface area contributed by atoms with Crippen LogP contribution in [0, 0.1) is 5.92 Å². The second-order valence-electron chi connectivity index (χ2n) is 4.40. The van der Waals surface area contributed by atoms with Gasteiger partial charge >= 0.3 is 0 Å². The van der Waals surface area contributed by atoms with E-state index < -0.39 is 5.72 Å². The van der Waals surface area contributed by atoms with Gasteiger partial charge in [-0.3, -0.25) is 0 Å². The smallest absolute Gasteiger partial charge is 0.210 e. The first-order chi connectivity index (χ1) is 7.56. The van der Waals surface area contributed by atoms with Gasteiger partial charge in [0.1, 0.15) is 0 Å². The molecule has 1 rings (SSSR count). The van der Waals surface area contributed by atoms with Crippen molar-refractivity contribution < 1.29 is 10.1 Å². The van der Waals surface area contributed by atoms with Gasteiger partial charge in [-0.1, -0.05) is 32.0 Å². The average molecular weight is 222 g/mol. The van der Waals surface area contributed by atoms with E-state index in [0.29, 0.717) is 12.3 Å². The summed E-state index contributed by atoms with van der Waals surface area (Å²) in [6, 6.07) is 9.37. The van der Waals surface area contributed by atoms with E-state index in [1.165, 1.54) is 0 Å². The summed E-state index contributed by atoms with van der Waals surface area (Å²) < 4.78 is 0. The van der Waals surface area contributed by atoms with Crippen LogP contribution in [0.2, 0.25) is 0 Å². The van der Waals surface area contributed by atoms with E-state index in [1.54, 1.807) is 6.92 Å². The Labute approximate surface area is 95.9 Å². The molecule has 0 saturated heterocycles. The van der Waals surface area contributed by atoms with Gasteiger partial charge < -0.3 is 0 Å². The molecule has 0 aromatic heterocycles. The lowest BCUT2D eigenvalue weighted by molar-refractivity contribution is -0.320. The summed E-state index contributed by atoms with van der Waals surface area (Å²) in [5, 5.41) is 16.9. The summed E-state index contributed by atoms with van der Waals surface area (Å²) >= 11 is 0. The molecule has 4 nitrogen and oxygen atoms in total. The maximum Gasteiger partial charge on any atom is 0.210 e. The third-order valence-corrected chi connectivity index (χ3v) is 2.12. The van der Waals surface area contributed by atoms with Crippen molar-refractivity contribution >= 4 is 5.69 Å². The summed E-state index contributed by atoms with van der Waals surface area (Å²) in [7, 11) is 0. The highest BCUT2D eigenvalue weighted by Crippen LogP contribution is 2.24. The van der Waals surface area contributed by atoms with Crippen LogP contribution in [0.5, 0.6) is 0 Å². The van der Waals surface area contributed by atoms with Crippen molar-refractivity contribution in [1.82, 2.24) is 0 Å². The van der Waals surface area contributed by atoms with Crippen LogP contribution in [0.15, 0.2) is 40.6 Å². The van der Waals surface area contributed by atoms with Gasteiger partial charge in [0.15, 0.2) is 0 Å². The highest BCUT2D eigenvalue weighted by atomic mass is 17.1. The second-order valence-corrected chi connectivity index (χ2v) is 4.40. The van der Waals surface area contributed by atoms with E-state index in [-0.39, 0.29) is 0 Å². The van der Waals surface area contributed by atoms with Gasteiger partial charge in [-0.25, -0.2) is 10.1 Å². The van der Waals surface area contributed by atoms with Gasteiger partial charge in [-0.05, 0) is 25.0 Å². The van der Waals surface area contributed by atoms with Gasteiger partial charge in [0.25, 0.3) is 0 Å². The van der Waals surface area contributed by atoms with Crippen molar-refractivity contribution in [3.8, 4) is 0 Å². The number of azo groups is 1. The first-order valence-electron chi connectivity index (χ1n) is 5.36. The Hall–Kier alpha value is -1.26. The molecular formula is C12H18N2O2. The van der Waals surface area contributed by atoms with Crippen molar-refractivity contribution in [1.29, 1.82) is 0 Å². The first-order valence-corrected chi connectivity index (χ1v) is 5.36. The zero-order valence-electron chi connectivity index (χ0n) is 9.92. The quantitative estimate of drug-likeness (QED) is 0.464. The van der Waals surface area contributed by atoms with E-state index in [9.17, 15) is 0 Å². The van der Waals surface area contributed by atoms with Gasteiger partial charge in [0.05, 0.1) is 5.69 Å². The van der Waals surface area contributed by atoms with E-state index in [1.807, 2.05) is 44.2 Å². The molecule has 1 aromatic rings. The predicted octanol–water partition coefficient (Wildman–Crippen LogP) is 4.02. The van der Waals surface area contributed by atoms with Gasteiger partial charge in [-0.2, -0.15) is 5.11 Å². The molecule has 0 bridgehead atoms. The highest BCUT2D eigenvalue weighted by Gasteiger charge is 2.26. The summed E-state index contributed by atoms with van der Waals surface area (Å²) in [6.07, 6.45) is 0.611. The molecule has 0 aliphatic rings. The number of nitrogens with zero attached hydrogens (tertiary/aromatic N) is 2. The molecule has 1 N–H and O–H groups in total. The Kier molecular flexibility index (Phi) is 4.58. The normalized spacial score (nSPS) is 15.6. The van der Waals surface area contributed by atoms with E-state index >= 15 is 0 Å². The first kappa shape index (κ1) is 12.8. The van der Waals surface area contributed by atoms with Crippen LogP contribution in [-0.4, -0.2) is 11.0 Å². The summed E-state index contributed by atoms with van der Waals surface area (Å²) in [6.45, 7) is 5.78. The number of hydrogen-bond acceptors (Lipinski definition) is 4. The molecule has 0 spiro atoms. The van der Waals surface area contributed by atoms with E-state index in [4.69, 9.17) is 5.26 Å². The highest BCUT2D eigenvalue weighted by molar-refractivity contribution is 5.34. The molecule has 88 valence electrons. The lowest BCUT2D eigenvalue weighted by Gasteiger charge is -2.21. The largest absolute Gasteiger partial charge is 0.249 e. The number of benzene rings is 1. The van der Waals surface area contributed by atoms with Crippen molar-refractivity contribution in [3.63, 3.8) is 0 Å². The van der Waals surface area contributed by atoms with Crippen LogP contribution in [0.3, 0.4) is 0 Å². The van der Waals surface area contributed by atoms with Crippen LogP contribution < -0.4 is 0 Å². The standard InChI is InChI=1S/C12H18N2O2/c1-10(2)9-12(3,16-15)14-13-11-7-5-4-6-8-11/h4-8,10,15H,9H2,1-3H3/b14-13+. The zero-order valence-corrected chi connectivity index (χ0v) is 9.92. The van der Waals surface area contributed by atoms with E-state index in [0.717, 1.165) is 5.69 Å². The molecule has 0 heterocycles. The molecule has 0 saturated carbocycles. The van der Waals surface area contributed by atoms with Crippen LogP contribution in [0.4, 0.5) is 5.69 Å². The van der Waals surface area contributed by atoms with Crippen LogP contribution in [-0.2, 0) is 4.89 Å². The molecule has 1 atom stereocenters. The van der Waals surface area contributed by atoms with Gasteiger partial charge in [0.2, 0.25) is 5.72 Å². The summed E-state index contributed by atoms with van der Waals surface area (Å²) in [4.78, 5) is 4.41. The summed E-state index contributed by atoms with van der Waals surface area (Å²) in [5.41, 5.74) is -0.223. The average Bonchev–Trinajstić information content (AvgIpc) is 2.27. The molecule has 1 unspecified atom stereocenters. The lowest BCUT2D eigenvalue weighted by Crippen LogP contribution is -2.26. The van der Waals surface area contributed by atoms with Crippen LogP contribution in [0.25, 0.3) is 0 Å². The second kappa shape index (κ2) is 5.72. The molecule has 0 fully saturated rings. The molecule has 16 heavy (non-hydrogen) atoms. The monoisotopic (exact) mass is 222 g/mol. The fourth-order valence-electron chi connectivity index (χ4n) is 1.51. The van der Waals surface area contributed by atoms with Crippen molar-refractivity contribution in [3.05, 3.63) is 30.3 Å². The minimum Gasteiger partial charge on any atom is -0.249 e. The van der Waals surface area contributed by atoms with Crippen LogP contribution in [0.1, 0.15) is 27.2 Å². The van der Waals surface area contributed by atoms with Crippen molar-refractivity contribution in [2.45, 2.75) is 32.9 Å². The minimum atomic E-state index is -0.968. The maximum absolute atomic E-state index is 8.86. The molecule has 0 radical (unpaired) electrons. The fourth-order valence-corrected chi connectivity index (χ4v) is 1.51. The molecule has 0 aliphatic heterocycles. The van der Waals surface area contributed by atoms with E-state index in [2.05, 4.69) is 15.1 Å². The minimum absolute atomic E-state index is 0.367. The Morgan fingerprint density at radius 1 is 1.31 bits per heavy atom. The SMILES string of the molecule is CC(C)CC(C)(/N=N/c1ccccc1)OO. The Morgan fingerprint density at radius 3 is 2.44 bits per heavy atom. The Morgan fingerprint density at radius 2 is 1.94 bits per heavy atom. The molecule has 0 aliphatic carbocycles. The molecular weight excluding hydrogens is 204 g/mol. The van der Waals surface area contributed by atoms with Crippen LogP contribution >= 0.6 is 0 Å². The van der Waals surface area contributed by atoms with Gasteiger partial charge in [0, 0.05) is 6.42 Å². The van der Waals surface area contributed by atoms with Crippen molar-refractivity contribution in [2.24, 2.45) is 16.1 Å². The molecule has 4 heteroatoms. The maximum atomic E-state index is 8.86. The van der Waals surface area contributed by atoms with Gasteiger partial charge in [-0.15, -0.1) is 5.11 Å². The predicted molar refractivity (Wildman–Crippen MR) is 62.5 cm³/mol. The third-order valence-electron chi connectivity index (χ3n) is 2.12. The zero-order chi connectivity index (χ0) is 12.0. The topological polar surface area (TPSA) is 54.2 Å². The molecule has 1 aromatic carbocycles. The number of hydrogen-bond donors (Lipinski definition) is 1. The molecule has 0 amide bonds. The summed E-state index contributed by atoms with van der Waals surface area (Å²) in [5.74, 6) is 0.367. The van der Waals surface area contributed by atoms with Crippen molar-refractivity contribution in [2.75, 3.05) is 0 Å². The number of rotatable bonds is 5. The fraction of sp³-hybridized carbons (Fsp3) is 0.500. The Bertz CT molecular complexity index is 338. The Balaban J connectivity index is 2.73.